The van der Waals surface area contributed by atoms with E-state index in [1.165, 1.54) is 6.92 Å². The molecule has 0 heterocycles. The Kier molecular flexibility index (Phi) is 6.47. The first-order chi connectivity index (χ1) is 15.0. The zero-order valence-corrected chi connectivity index (χ0v) is 17.9. The Morgan fingerprint density at radius 3 is 2.13 bits per heavy atom. The standard InChI is InChI=1S/C25H29N3O3/c1-17(29)19-6-8-21(9-7-19)26-24(30)14-15-28(23-12-13-23)16-18-2-4-20(5-3-18)25(31)27-22-10-11-22/h2-9,22-23H,10-16H2,1H3,(H,26,30)(H,27,31). The average molecular weight is 420 g/mol. The molecule has 0 atom stereocenters. The summed E-state index contributed by atoms with van der Waals surface area (Å²) in [7, 11) is 0. The van der Waals surface area contributed by atoms with Crippen LogP contribution in [0.5, 0.6) is 0 Å². The Balaban J connectivity index is 1.27. The zero-order chi connectivity index (χ0) is 21.8. The molecule has 4 rings (SSSR count). The third-order valence-electron chi connectivity index (χ3n) is 5.78. The molecule has 162 valence electrons. The van der Waals surface area contributed by atoms with Crippen LogP contribution in [-0.4, -0.2) is 41.1 Å². The SMILES string of the molecule is CC(=O)c1ccc(NC(=O)CCN(Cc2ccc(C(=O)NC3CC3)cc2)C2CC2)cc1. The van der Waals surface area contributed by atoms with Gasteiger partial charge in [-0.15, -0.1) is 0 Å². The number of amides is 2. The van der Waals surface area contributed by atoms with Crippen molar-refractivity contribution in [2.45, 2.75) is 57.7 Å². The van der Waals surface area contributed by atoms with E-state index in [-0.39, 0.29) is 17.6 Å². The number of anilines is 1. The van der Waals surface area contributed by atoms with Crippen LogP contribution in [0.3, 0.4) is 0 Å². The smallest absolute Gasteiger partial charge is 0.251 e. The highest BCUT2D eigenvalue weighted by molar-refractivity contribution is 5.96. The molecule has 0 radical (unpaired) electrons. The van der Waals surface area contributed by atoms with Crippen molar-refractivity contribution in [3.05, 3.63) is 65.2 Å². The lowest BCUT2D eigenvalue weighted by Gasteiger charge is -2.22. The van der Waals surface area contributed by atoms with Crippen molar-refractivity contribution < 1.29 is 14.4 Å². The van der Waals surface area contributed by atoms with Crippen molar-refractivity contribution in [1.82, 2.24) is 10.2 Å². The zero-order valence-electron chi connectivity index (χ0n) is 17.9. The Hall–Kier alpha value is -2.99. The number of benzene rings is 2. The van der Waals surface area contributed by atoms with E-state index in [2.05, 4.69) is 15.5 Å². The van der Waals surface area contributed by atoms with E-state index in [0.29, 0.717) is 41.9 Å². The van der Waals surface area contributed by atoms with E-state index in [9.17, 15) is 14.4 Å². The van der Waals surface area contributed by atoms with Gasteiger partial charge in [-0.05, 0) is 74.6 Å². The Morgan fingerprint density at radius 1 is 0.903 bits per heavy atom. The van der Waals surface area contributed by atoms with Crippen LogP contribution < -0.4 is 10.6 Å². The third-order valence-corrected chi connectivity index (χ3v) is 5.78. The van der Waals surface area contributed by atoms with E-state index < -0.39 is 0 Å². The molecular formula is C25H29N3O3. The summed E-state index contributed by atoms with van der Waals surface area (Å²) in [4.78, 5) is 38.2. The molecule has 6 heteroatoms. The molecule has 0 saturated heterocycles. The molecule has 0 aliphatic heterocycles. The van der Waals surface area contributed by atoms with Gasteiger partial charge in [0.25, 0.3) is 5.91 Å². The maximum Gasteiger partial charge on any atom is 0.251 e. The van der Waals surface area contributed by atoms with Gasteiger partial charge in [-0.3, -0.25) is 19.3 Å². The van der Waals surface area contributed by atoms with Crippen molar-refractivity contribution in [3.8, 4) is 0 Å². The fourth-order valence-electron chi connectivity index (χ4n) is 3.58. The van der Waals surface area contributed by atoms with Crippen molar-refractivity contribution >= 4 is 23.3 Å². The topological polar surface area (TPSA) is 78.5 Å². The molecule has 6 nitrogen and oxygen atoms in total. The summed E-state index contributed by atoms with van der Waals surface area (Å²) in [6.07, 6.45) is 4.90. The Bertz CT molecular complexity index is 945. The lowest BCUT2D eigenvalue weighted by molar-refractivity contribution is -0.116. The van der Waals surface area contributed by atoms with Crippen LogP contribution in [-0.2, 0) is 11.3 Å². The van der Waals surface area contributed by atoms with Gasteiger partial charge in [0.2, 0.25) is 5.91 Å². The number of hydrogen-bond donors (Lipinski definition) is 2. The predicted octanol–water partition coefficient (Wildman–Crippen LogP) is 3.77. The molecule has 2 aromatic rings. The number of Topliss-reactive ketones (excluding diaryl/α,β-unsaturated/α-hetero) is 1. The monoisotopic (exact) mass is 419 g/mol. The maximum absolute atomic E-state index is 12.4. The summed E-state index contributed by atoms with van der Waals surface area (Å²) in [6.45, 7) is 2.98. The van der Waals surface area contributed by atoms with Gasteiger partial charge in [0, 0.05) is 48.4 Å². The number of rotatable bonds is 10. The first-order valence-electron chi connectivity index (χ1n) is 11.0. The second-order valence-electron chi connectivity index (χ2n) is 8.58. The van der Waals surface area contributed by atoms with E-state index in [1.807, 2.05) is 24.3 Å². The first-order valence-corrected chi connectivity index (χ1v) is 11.0. The summed E-state index contributed by atoms with van der Waals surface area (Å²) < 4.78 is 0. The number of carbonyl (C=O) groups excluding carboxylic acids is 3. The van der Waals surface area contributed by atoms with Gasteiger partial charge in [0.15, 0.2) is 5.78 Å². The fourth-order valence-corrected chi connectivity index (χ4v) is 3.58. The molecule has 2 N–H and O–H groups in total. The molecule has 2 fully saturated rings. The van der Waals surface area contributed by atoms with Crippen LogP contribution in [0.2, 0.25) is 0 Å². The highest BCUT2D eigenvalue weighted by Crippen LogP contribution is 2.28. The minimum atomic E-state index is -0.0340. The Labute approximate surface area is 183 Å². The third kappa shape index (κ3) is 6.25. The Morgan fingerprint density at radius 2 is 1.55 bits per heavy atom. The van der Waals surface area contributed by atoms with Crippen molar-refractivity contribution in [3.63, 3.8) is 0 Å². The van der Waals surface area contributed by atoms with E-state index >= 15 is 0 Å². The number of carbonyl (C=O) groups is 3. The largest absolute Gasteiger partial charge is 0.349 e. The minimum absolute atomic E-state index is 0.00102. The van der Waals surface area contributed by atoms with Crippen molar-refractivity contribution in [2.24, 2.45) is 0 Å². The fraction of sp³-hybridized carbons (Fsp3) is 0.400. The highest BCUT2D eigenvalue weighted by atomic mass is 16.2. The summed E-state index contributed by atoms with van der Waals surface area (Å²) in [5.74, 6) is -0.0241. The first kappa shape index (κ1) is 21.2. The van der Waals surface area contributed by atoms with Crippen molar-refractivity contribution in [1.29, 1.82) is 0 Å². The molecule has 31 heavy (non-hydrogen) atoms. The van der Waals surface area contributed by atoms with Crippen LogP contribution >= 0.6 is 0 Å². The van der Waals surface area contributed by atoms with Crippen LogP contribution in [0.4, 0.5) is 5.69 Å². The number of hydrogen-bond acceptors (Lipinski definition) is 4. The quantitative estimate of drug-likeness (QED) is 0.575. The highest BCUT2D eigenvalue weighted by Gasteiger charge is 2.29. The van der Waals surface area contributed by atoms with Gasteiger partial charge in [0.1, 0.15) is 0 Å². The molecule has 2 aliphatic rings. The predicted molar refractivity (Wildman–Crippen MR) is 120 cm³/mol. The maximum atomic E-state index is 12.4. The van der Waals surface area contributed by atoms with Gasteiger partial charge >= 0.3 is 0 Å². The second-order valence-corrected chi connectivity index (χ2v) is 8.58. The number of nitrogens with zero attached hydrogens (tertiary/aromatic N) is 1. The van der Waals surface area contributed by atoms with Crippen LogP contribution in [0.1, 0.15) is 65.3 Å². The van der Waals surface area contributed by atoms with Gasteiger partial charge in [-0.2, -0.15) is 0 Å². The molecule has 2 saturated carbocycles. The second kappa shape index (κ2) is 9.43. The van der Waals surface area contributed by atoms with Crippen molar-refractivity contribution in [2.75, 3.05) is 11.9 Å². The molecule has 0 aromatic heterocycles. The normalized spacial score (nSPS) is 15.5. The van der Waals surface area contributed by atoms with Gasteiger partial charge in [-0.25, -0.2) is 0 Å². The van der Waals surface area contributed by atoms with E-state index in [0.717, 1.165) is 37.8 Å². The van der Waals surface area contributed by atoms with Crippen LogP contribution in [0, 0.1) is 0 Å². The summed E-state index contributed by atoms with van der Waals surface area (Å²) in [5.41, 5.74) is 3.18. The lowest BCUT2D eigenvalue weighted by atomic mass is 10.1. The molecule has 0 unspecified atom stereocenters. The van der Waals surface area contributed by atoms with Crippen LogP contribution in [0.25, 0.3) is 0 Å². The molecular weight excluding hydrogens is 390 g/mol. The van der Waals surface area contributed by atoms with E-state index in [4.69, 9.17) is 0 Å². The molecule has 0 bridgehead atoms. The summed E-state index contributed by atoms with van der Waals surface area (Å²) in [6, 6.07) is 15.6. The number of nitrogens with one attached hydrogen (secondary N) is 2. The van der Waals surface area contributed by atoms with E-state index in [1.54, 1.807) is 24.3 Å². The molecule has 2 aromatic carbocycles. The van der Waals surface area contributed by atoms with Crippen LogP contribution in [0.15, 0.2) is 48.5 Å². The molecule has 2 amide bonds. The molecule has 0 spiro atoms. The molecule has 2 aliphatic carbocycles. The van der Waals surface area contributed by atoms with Gasteiger partial charge in [-0.1, -0.05) is 12.1 Å². The summed E-state index contributed by atoms with van der Waals surface area (Å²) in [5, 5.41) is 5.92. The van der Waals surface area contributed by atoms with Gasteiger partial charge in [0.05, 0.1) is 0 Å². The average Bonchev–Trinajstić information content (AvgIpc) is 3.67. The summed E-state index contributed by atoms with van der Waals surface area (Å²) >= 11 is 0. The van der Waals surface area contributed by atoms with Gasteiger partial charge < -0.3 is 10.6 Å². The number of ketones is 1. The minimum Gasteiger partial charge on any atom is -0.349 e. The lowest BCUT2D eigenvalue weighted by Crippen LogP contribution is -2.29.